The summed E-state index contributed by atoms with van der Waals surface area (Å²) < 4.78 is 0. The van der Waals surface area contributed by atoms with E-state index in [1.165, 1.54) is 18.2 Å². The second-order valence-corrected chi connectivity index (χ2v) is 2.14. The highest BCUT2D eigenvalue weighted by Gasteiger charge is 2.13. The third-order valence-electron chi connectivity index (χ3n) is 1.42. The van der Waals surface area contributed by atoms with Crippen LogP contribution in [-0.2, 0) is 0 Å². The fourth-order valence-corrected chi connectivity index (χ4v) is 0.867. The van der Waals surface area contributed by atoms with Crippen LogP contribution in [0.25, 0.3) is 0 Å². The van der Waals surface area contributed by atoms with Crippen LogP contribution in [0.5, 0.6) is 0 Å². The summed E-state index contributed by atoms with van der Waals surface area (Å²) in [4.78, 5) is 9.84. The van der Waals surface area contributed by atoms with Crippen LogP contribution in [0.3, 0.4) is 0 Å². The normalized spacial score (nSPS) is 8.50. The molecule has 1 rings (SSSR count). The van der Waals surface area contributed by atoms with Crippen molar-refractivity contribution in [3.05, 3.63) is 28.3 Å². The van der Waals surface area contributed by atoms with Crippen LogP contribution in [0.4, 0.5) is 17.1 Å². The molecule has 0 bridgehead atoms. The number of nitrogen functional groups attached to an aromatic ring is 2. The van der Waals surface area contributed by atoms with Gasteiger partial charge in [-0.15, -0.1) is 0 Å². The van der Waals surface area contributed by atoms with Crippen LogP contribution in [0.15, 0.2) is 18.2 Å². The number of hydrogen-bond donors (Lipinski definition) is 3. The first-order valence-corrected chi connectivity index (χ1v) is 4.16. The molecule has 0 heterocycles. The lowest BCUT2D eigenvalue weighted by molar-refractivity contribution is -0.383. The predicted octanol–water partition coefficient (Wildman–Crippen LogP) is 1.49. The van der Waals surface area contributed by atoms with E-state index in [2.05, 4.69) is 5.43 Å². The van der Waals surface area contributed by atoms with E-state index in [1.54, 1.807) is 0 Å². The average molecular weight is 198 g/mol. The highest BCUT2D eigenvalue weighted by molar-refractivity contribution is 5.75. The number of hydrazine groups is 1. The van der Waals surface area contributed by atoms with Crippen LogP contribution < -0.4 is 17.0 Å². The number of nitrogens with two attached hydrogens (primary N) is 2. The maximum atomic E-state index is 10.4. The molecule has 0 aliphatic heterocycles. The minimum absolute atomic E-state index is 0.127. The molecule has 0 atom stereocenters. The molecule has 6 nitrogen and oxygen atoms in total. The standard InChI is InChI=1S/C6H8N4O2.C2H6/c7-4-2-1-3-5(10(11)12)6(4)9-8;1-2/h1-3,9H,7-8H2;1-2H3. The first kappa shape index (κ1) is 12.2. The molecule has 0 unspecified atom stereocenters. The number of nitro benzene ring substituents is 1. The molecule has 0 saturated carbocycles. The van der Waals surface area contributed by atoms with Crippen LogP contribution in [-0.4, -0.2) is 4.92 Å². The van der Waals surface area contributed by atoms with Gasteiger partial charge < -0.3 is 11.2 Å². The lowest BCUT2D eigenvalue weighted by Gasteiger charge is -2.03. The Morgan fingerprint density at radius 2 is 2.00 bits per heavy atom. The van der Waals surface area contributed by atoms with Crippen LogP contribution >= 0.6 is 0 Å². The summed E-state index contributed by atoms with van der Waals surface area (Å²) in [6.45, 7) is 4.00. The van der Waals surface area contributed by atoms with Gasteiger partial charge in [-0.25, -0.2) is 0 Å². The smallest absolute Gasteiger partial charge is 0.295 e. The number of para-hydroxylation sites is 1. The van der Waals surface area contributed by atoms with E-state index in [-0.39, 0.29) is 17.1 Å². The average Bonchev–Trinajstić information content (AvgIpc) is 2.20. The zero-order valence-electron chi connectivity index (χ0n) is 8.15. The Labute approximate surface area is 82.0 Å². The van der Waals surface area contributed by atoms with Gasteiger partial charge in [0.05, 0.1) is 10.6 Å². The van der Waals surface area contributed by atoms with Gasteiger partial charge in [-0.2, -0.15) is 0 Å². The fraction of sp³-hybridized carbons (Fsp3) is 0.250. The van der Waals surface area contributed by atoms with E-state index in [0.29, 0.717) is 0 Å². The molecule has 0 fully saturated rings. The van der Waals surface area contributed by atoms with Crippen molar-refractivity contribution >= 4 is 17.1 Å². The Balaban J connectivity index is 0.000000791. The summed E-state index contributed by atoms with van der Waals surface area (Å²) >= 11 is 0. The molecule has 6 heteroatoms. The van der Waals surface area contributed by atoms with Crippen molar-refractivity contribution in [1.29, 1.82) is 0 Å². The van der Waals surface area contributed by atoms with Gasteiger partial charge in [0.25, 0.3) is 5.69 Å². The van der Waals surface area contributed by atoms with Gasteiger partial charge in [0.15, 0.2) is 5.69 Å². The SMILES string of the molecule is CC.NNc1c(N)cccc1[N+](=O)[O-]. The van der Waals surface area contributed by atoms with Crippen LogP contribution in [0.2, 0.25) is 0 Å². The van der Waals surface area contributed by atoms with Crippen molar-refractivity contribution in [2.45, 2.75) is 13.8 Å². The lowest BCUT2D eigenvalue weighted by Crippen LogP contribution is -2.11. The fourth-order valence-electron chi connectivity index (χ4n) is 0.867. The monoisotopic (exact) mass is 198 g/mol. The van der Waals surface area contributed by atoms with Crippen molar-refractivity contribution < 1.29 is 4.92 Å². The highest BCUT2D eigenvalue weighted by Crippen LogP contribution is 2.28. The van der Waals surface area contributed by atoms with E-state index in [0.717, 1.165) is 0 Å². The molecule has 0 saturated heterocycles. The molecule has 1 aromatic rings. The van der Waals surface area contributed by atoms with Crippen molar-refractivity contribution in [1.82, 2.24) is 0 Å². The van der Waals surface area contributed by atoms with Crippen molar-refractivity contribution in [3.63, 3.8) is 0 Å². The summed E-state index contributed by atoms with van der Waals surface area (Å²) in [5.41, 5.74) is 7.87. The van der Waals surface area contributed by atoms with E-state index in [1.807, 2.05) is 13.8 Å². The maximum Gasteiger partial charge on any atom is 0.295 e. The van der Waals surface area contributed by atoms with Crippen molar-refractivity contribution in [3.8, 4) is 0 Å². The molecule has 0 spiro atoms. The zero-order chi connectivity index (χ0) is 11.1. The topological polar surface area (TPSA) is 107 Å². The van der Waals surface area contributed by atoms with Gasteiger partial charge in [0.2, 0.25) is 0 Å². The van der Waals surface area contributed by atoms with E-state index in [9.17, 15) is 10.1 Å². The van der Waals surface area contributed by atoms with Crippen LogP contribution in [0.1, 0.15) is 13.8 Å². The molecule has 5 N–H and O–H groups in total. The molecule has 14 heavy (non-hydrogen) atoms. The van der Waals surface area contributed by atoms with Crippen LogP contribution in [0, 0.1) is 10.1 Å². The van der Waals surface area contributed by atoms with E-state index in [4.69, 9.17) is 11.6 Å². The Bertz CT molecular complexity index is 314. The van der Waals surface area contributed by atoms with Gasteiger partial charge in [-0.1, -0.05) is 19.9 Å². The molecule has 0 radical (unpaired) electrons. The van der Waals surface area contributed by atoms with Gasteiger partial charge in [0.1, 0.15) is 0 Å². The zero-order valence-corrected chi connectivity index (χ0v) is 8.15. The first-order valence-electron chi connectivity index (χ1n) is 4.16. The largest absolute Gasteiger partial charge is 0.397 e. The second kappa shape index (κ2) is 5.76. The molecule has 0 aromatic heterocycles. The summed E-state index contributed by atoms with van der Waals surface area (Å²) in [5.74, 6) is 5.05. The maximum absolute atomic E-state index is 10.4. The number of nitrogens with one attached hydrogen (secondary N) is 1. The molecule has 0 amide bonds. The van der Waals surface area contributed by atoms with Gasteiger partial charge >= 0.3 is 0 Å². The van der Waals surface area contributed by atoms with Crippen molar-refractivity contribution in [2.75, 3.05) is 11.2 Å². The lowest BCUT2D eigenvalue weighted by atomic mass is 10.2. The van der Waals surface area contributed by atoms with Gasteiger partial charge in [-0.3, -0.25) is 16.0 Å². The Morgan fingerprint density at radius 1 is 1.43 bits per heavy atom. The quantitative estimate of drug-likeness (QED) is 0.289. The summed E-state index contributed by atoms with van der Waals surface area (Å²) in [7, 11) is 0. The Kier molecular flexibility index (Phi) is 5.01. The molecule has 78 valence electrons. The minimum atomic E-state index is -0.550. The Hall–Kier alpha value is -1.82. The molecular formula is C8H14N4O2. The number of anilines is 2. The highest BCUT2D eigenvalue weighted by atomic mass is 16.6. The predicted molar refractivity (Wildman–Crippen MR) is 56.7 cm³/mol. The number of rotatable bonds is 2. The number of benzene rings is 1. The molecule has 0 aliphatic rings. The van der Waals surface area contributed by atoms with E-state index >= 15 is 0 Å². The molecular weight excluding hydrogens is 184 g/mol. The van der Waals surface area contributed by atoms with Gasteiger partial charge in [0, 0.05) is 6.07 Å². The van der Waals surface area contributed by atoms with E-state index < -0.39 is 4.92 Å². The number of nitro groups is 1. The summed E-state index contributed by atoms with van der Waals surface area (Å²) in [6.07, 6.45) is 0. The number of hydrogen-bond acceptors (Lipinski definition) is 5. The molecule has 1 aromatic carbocycles. The first-order chi connectivity index (χ1) is 6.66. The minimum Gasteiger partial charge on any atom is -0.397 e. The second-order valence-electron chi connectivity index (χ2n) is 2.14. The summed E-state index contributed by atoms with van der Waals surface area (Å²) in [6, 6.07) is 4.35. The van der Waals surface area contributed by atoms with Crippen molar-refractivity contribution in [2.24, 2.45) is 5.84 Å². The third kappa shape index (κ3) is 2.60. The Morgan fingerprint density at radius 3 is 2.36 bits per heavy atom. The number of nitrogens with zero attached hydrogens (tertiary/aromatic N) is 1. The van der Waals surface area contributed by atoms with Gasteiger partial charge in [-0.05, 0) is 6.07 Å². The summed E-state index contributed by atoms with van der Waals surface area (Å²) in [5, 5.41) is 10.4. The molecule has 0 aliphatic carbocycles. The third-order valence-corrected chi connectivity index (χ3v) is 1.42.